The highest BCUT2D eigenvalue weighted by Crippen LogP contribution is 2.29. The fourth-order valence-electron chi connectivity index (χ4n) is 1.18. The SMILES string of the molecule is NN1C(=O)SC(=Cc2ccccc2)C1=O. The van der Waals surface area contributed by atoms with Gasteiger partial charge in [0.2, 0.25) is 0 Å². The van der Waals surface area contributed by atoms with Crippen molar-refractivity contribution in [3.05, 3.63) is 40.8 Å². The zero-order chi connectivity index (χ0) is 10.8. The van der Waals surface area contributed by atoms with E-state index in [-0.39, 0.29) is 0 Å². The molecule has 1 aromatic rings. The molecule has 0 atom stereocenters. The summed E-state index contributed by atoms with van der Waals surface area (Å²) in [6, 6.07) is 9.30. The van der Waals surface area contributed by atoms with Crippen LogP contribution in [0.2, 0.25) is 0 Å². The fourth-order valence-corrected chi connectivity index (χ4v) is 1.93. The Morgan fingerprint density at radius 3 is 2.40 bits per heavy atom. The van der Waals surface area contributed by atoms with E-state index in [2.05, 4.69) is 0 Å². The molecule has 1 heterocycles. The molecule has 0 spiro atoms. The molecule has 1 fully saturated rings. The molecule has 15 heavy (non-hydrogen) atoms. The number of carbonyl (C=O) groups is 2. The minimum absolute atomic E-state index is 0.355. The van der Waals surface area contributed by atoms with Crippen LogP contribution in [0.25, 0.3) is 6.08 Å². The van der Waals surface area contributed by atoms with Crippen molar-refractivity contribution in [2.45, 2.75) is 0 Å². The Balaban J connectivity index is 2.30. The molecule has 76 valence electrons. The molecule has 1 aliphatic heterocycles. The smallest absolute Gasteiger partial charge is 0.266 e. The molecular weight excluding hydrogens is 212 g/mol. The van der Waals surface area contributed by atoms with Crippen molar-refractivity contribution >= 4 is 29.0 Å². The Labute approximate surface area is 90.7 Å². The Morgan fingerprint density at radius 1 is 1.20 bits per heavy atom. The number of hydrazine groups is 1. The van der Waals surface area contributed by atoms with Crippen LogP contribution < -0.4 is 5.84 Å². The van der Waals surface area contributed by atoms with Crippen LogP contribution in [0.3, 0.4) is 0 Å². The van der Waals surface area contributed by atoms with E-state index in [9.17, 15) is 9.59 Å². The zero-order valence-electron chi connectivity index (χ0n) is 7.71. The van der Waals surface area contributed by atoms with Crippen molar-refractivity contribution < 1.29 is 9.59 Å². The van der Waals surface area contributed by atoms with E-state index in [1.807, 2.05) is 30.3 Å². The second-order valence-electron chi connectivity index (χ2n) is 2.96. The molecule has 2 N–H and O–H groups in total. The number of rotatable bonds is 1. The van der Waals surface area contributed by atoms with Crippen LogP contribution >= 0.6 is 11.8 Å². The molecule has 1 aromatic carbocycles. The number of amides is 2. The van der Waals surface area contributed by atoms with Gasteiger partial charge in [0.25, 0.3) is 5.91 Å². The highest BCUT2D eigenvalue weighted by molar-refractivity contribution is 8.18. The number of carbonyl (C=O) groups excluding carboxylic acids is 2. The van der Waals surface area contributed by atoms with Crippen molar-refractivity contribution in [2.24, 2.45) is 5.84 Å². The van der Waals surface area contributed by atoms with Crippen molar-refractivity contribution in [3.63, 3.8) is 0 Å². The average molecular weight is 220 g/mol. The Kier molecular flexibility index (Phi) is 2.57. The van der Waals surface area contributed by atoms with E-state index in [1.165, 1.54) is 0 Å². The Hall–Kier alpha value is -1.59. The quantitative estimate of drug-likeness (QED) is 0.443. The van der Waals surface area contributed by atoms with E-state index in [1.54, 1.807) is 6.08 Å². The molecule has 0 aromatic heterocycles. The van der Waals surface area contributed by atoms with Gasteiger partial charge in [0, 0.05) is 0 Å². The molecule has 0 unspecified atom stereocenters. The van der Waals surface area contributed by atoms with Gasteiger partial charge in [-0.15, -0.1) is 0 Å². The number of nitrogens with two attached hydrogens (primary N) is 1. The number of hydrogen-bond donors (Lipinski definition) is 1. The largest absolute Gasteiger partial charge is 0.307 e. The number of hydrogen-bond acceptors (Lipinski definition) is 4. The third kappa shape index (κ3) is 1.93. The lowest BCUT2D eigenvalue weighted by molar-refractivity contribution is -0.122. The first kappa shape index (κ1) is 9.95. The zero-order valence-corrected chi connectivity index (χ0v) is 8.53. The molecular formula is C10H8N2O2S. The summed E-state index contributed by atoms with van der Waals surface area (Å²) in [4.78, 5) is 22.9. The van der Waals surface area contributed by atoms with Crippen molar-refractivity contribution in [3.8, 4) is 0 Å². The summed E-state index contributed by atoms with van der Waals surface area (Å²) in [5, 5.41) is 0.182. The summed E-state index contributed by atoms with van der Waals surface area (Å²) >= 11 is 0.850. The molecule has 2 rings (SSSR count). The van der Waals surface area contributed by atoms with Gasteiger partial charge in [-0.25, -0.2) is 10.9 Å². The van der Waals surface area contributed by atoms with Crippen molar-refractivity contribution in [1.82, 2.24) is 5.01 Å². The lowest BCUT2D eigenvalue weighted by Crippen LogP contribution is -2.34. The molecule has 1 saturated heterocycles. The van der Waals surface area contributed by atoms with Gasteiger partial charge in [-0.2, -0.15) is 0 Å². The fraction of sp³-hybridized carbons (Fsp3) is 0. The van der Waals surface area contributed by atoms with E-state index in [4.69, 9.17) is 5.84 Å². The number of nitrogens with zero attached hydrogens (tertiary/aromatic N) is 1. The van der Waals surface area contributed by atoms with Crippen molar-refractivity contribution in [2.75, 3.05) is 0 Å². The summed E-state index contributed by atoms with van der Waals surface area (Å²) in [6.45, 7) is 0. The van der Waals surface area contributed by atoms with Crippen LogP contribution in [-0.4, -0.2) is 16.2 Å². The maximum Gasteiger partial charge on any atom is 0.307 e. The molecule has 1 aliphatic rings. The lowest BCUT2D eigenvalue weighted by Gasteiger charge is -2.00. The van der Waals surface area contributed by atoms with Gasteiger partial charge in [0.15, 0.2) is 0 Å². The highest BCUT2D eigenvalue weighted by Gasteiger charge is 2.32. The minimum atomic E-state index is -0.450. The molecule has 0 radical (unpaired) electrons. The molecule has 5 heteroatoms. The van der Waals surface area contributed by atoms with Gasteiger partial charge >= 0.3 is 5.24 Å². The van der Waals surface area contributed by atoms with Gasteiger partial charge in [-0.3, -0.25) is 9.59 Å². The first-order valence-electron chi connectivity index (χ1n) is 4.26. The van der Waals surface area contributed by atoms with Gasteiger partial charge < -0.3 is 0 Å². The van der Waals surface area contributed by atoms with Crippen LogP contribution in [0.1, 0.15) is 5.56 Å². The number of benzene rings is 1. The van der Waals surface area contributed by atoms with Crippen LogP contribution in [-0.2, 0) is 4.79 Å². The first-order valence-corrected chi connectivity index (χ1v) is 5.08. The molecule has 0 saturated carbocycles. The molecule has 0 aliphatic carbocycles. The molecule has 0 bridgehead atoms. The maximum absolute atomic E-state index is 11.4. The third-order valence-corrected chi connectivity index (χ3v) is 2.80. The van der Waals surface area contributed by atoms with E-state index in [0.29, 0.717) is 9.91 Å². The summed E-state index contributed by atoms with van der Waals surface area (Å²) < 4.78 is 0. The highest BCUT2D eigenvalue weighted by atomic mass is 32.2. The van der Waals surface area contributed by atoms with E-state index >= 15 is 0 Å². The topological polar surface area (TPSA) is 63.4 Å². The van der Waals surface area contributed by atoms with E-state index < -0.39 is 11.1 Å². The van der Waals surface area contributed by atoms with Crippen molar-refractivity contribution in [1.29, 1.82) is 0 Å². The lowest BCUT2D eigenvalue weighted by atomic mass is 10.2. The van der Waals surface area contributed by atoms with Crippen LogP contribution in [0.15, 0.2) is 35.2 Å². The van der Waals surface area contributed by atoms with Gasteiger partial charge in [-0.05, 0) is 23.4 Å². The van der Waals surface area contributed by atoms with Crippen LogP contribution in [0, 0.1) is 0 Å². The average Bonchev–Trinajstić information content (AvgIpc) is 2.48. The van der Waals surface area contributed by atoms with E-state index in [0.717, 1.165) is 17.3 Å². The van der Waals surface area contributed by atoms with Crippen LogP contribution in [0.5, 0.6) is 0 Å². The Morgan fingerprint density at radius 2 is 1.87 bits per heavy atom. The summed E-state index contributed by atoms with van der Waals surface area (Å²) in [5.41, 5.74) is 0.872. The number of thioether (sulfide) groups is 1. The van der Waals surface area contributed by atoms with Gasteiger partial charge in [0.05, 0.1) is 4.91 Å². The monoisotopic (exact) mass is 220 g/mol. The second kappa shape index (κ2) is 3.88. The second-order valence-corrected chi connectivity index (χ2v) is 3.96. The standard InChI is InChI=1S/C10H8N2O2S/c11-12-9(13)8(15-10(12)14)6-7-4-2-1-3-5-7/h1-6H,11H2. The predicted octanol–water partition coefficient (Wildman–Crippen LogP) is 1.60. The van der Waals surface area contributed by atoms with Gasteiger partial charge in [0.1, 0.15) is 0 Å². The molecule has 2 amide bonds. The molecule has 4 nitrogen and oxygen atoms in total. The minimum Gasteiger partial charge on any atom is -0.266 e. The van der Waals surface area contributed by atoms with Gasteiger partial charge in [-0.1, -0.05) is 30.3 Å². The summed E-state index contributed by atoms with van der Waals surface area (Å²) in [5.74, 6) is 4.79. The summed E-state index contributed by atoms with van der Waals surface area (Å²) in [6.07, 6.45) is 1.65. The first-order chi connectivity index (χ1) is 7.18. The van der Waals surface area contributed by atoms with Crippen LogP contribution in [0.4, 0.5) is 4.79 Å². The predicted molar refractivity (Wildman–Crippen MR) is 58.4 cm³/mol. The maximum atomic E-state index is 11.4. The Bertz CT molecular complexity index is 442. The normalized spacial score (nSPS) is 19.0. The third-order valence-electron chi connectivity index (χ3n) is 1.92. The summed E-state index contributed by atoms with van der Waals surface area (Å²) in [7, 11) is 0. The number of imide groups is 1.